The maximum atomic E-state index is 5.24. The molecule has 0 N–H and O–H groups in total. The quantitative estimate of drug-likeness (QED) is 0.444. The molecule has 0 saturated heterocycles. The molecule has 3 aromatic rings. The van der Waals surface area contributed by atoms with E-state index in [0.717, 1.165) is 17.2 Å². The zero-order valence-corrected chi connectivity index (χ0v) is 18.0. The molecule has 142 valence electrons. The summed E-state index contributed by atoms with van der Waals surface area (Å²) in [6, 6.07) is 30.6. The third-order valence-corrected chi connectivity index (χ3v) is 7.49. The molecule has 4 rings (SSSR count). The highest BCUT2D eigenvalue weighted by atomic mass is 32.2. The Bertz CT molecular complexity index is 911. The van der Waals surface area contributed by atoms with E-state index in [1.165, 1.54) is 21.7 Å². The highest BCUT2D eigenvalue weighted by Crippen LogP contribution is 2.57. The lowest BCUT2D eigenvalue weighted by molar-refractivity contribution is 0.664. The third-order valence-electron chi connectivity index (χ3n) is 5.24. The fourth-order valence-corrected chi connectivity index (χ4v) is 6.57. The average molecular weight is 404 g/mol. The first kappa shape index (κ1) is 19.4. The van der Waals surface area contributed by atoms with Crippen LogP contribution in [-0.2, 0) is 5.41 Å². The molecule has 0 fully saturated rings. The summed E-state index contributed by atoms with van der Waals surface area (Å²) in [6.45, 7) is 4.48. The smallest absolute Gasteiger partial charge is 0.0903 e. The number of hydrogen-bond donors (Lipinski definition) is 0. The number of thioether (sulfide) groups is 2. The summed E-state index contributed by atoms with van der Waals surface area (Å²) >= 11 is 3.91. The van der Waals surface area contributed by atoms with Crippen LogP contribution in [-0.4, -0.2) is 16.5 Å². The predicted molar refractivity (Wildman–Crippen MR) is 126 cm³/mol. The van der Waals surface area contributed by atoms with Crippen molar-refractivity contribution in [2.75, 3.05) is 11.5 Å². The molecule has 1 nitrogen and oxygen atoms in total. The van der Waals surface area contributed by atoms with E-state index in [-0.39, 0.29) is 10.7 Å². The van der Waals surface area contributed by atoms with E-state index in [4.69, 9.17) is 4.99 Å². The number of benzene rings is 3. The second-order valence-corrected chi connectivity index (χ2v) is 9.42. The molecule has 1 aliphatic rings. The summed E-state index contributed by atoms with van der Waals surface area (Å²) in [7, 11) is 0. The average Bonchev–Trinajstić information content (AvgIpc) is 2.76. The Morgan fingerprint density at radius 2 is 1.32 bits per heavy atom. The van der Waals surface area contributed by atoms with Gasteiger partial charge in [0.2, 0.25) is 0 Å². The van der Waals surface area contributed by atoms with Crippen molar-refractivity contribution in [3.8, 4) is 0 Å². The fraction of sp³-hybridized carbons (Fsp3) is 0.240. The van der Waals surface area contributed by atoms with Gasteiger partial charge in [0.1, 0.15) is 0 Å². The molecular weight excluding hydrogens is 378 g/mol. The van der Waals surface area contributed by atoms with Crippen molar-refractivity contribution in [1.82, 2.24) is 0 Å². The lowest BCUT2D eigenvalue weighted by Gasteiger charge is -2.45. The van der Waals surface area contributed by atoms with Crippen LogP contribution >= 0.6 is 23.5 Å². The van der Waals surface area contributed by atoms with Crippen LogP contribution in [0.1, 0.15) is 35.8 Å². The maximum Gasteiger partial charge on any atom is 0.0903 e. The first-order chi connectivity index (χ1) is 13.8. The SMILES string of the molecule is CCSC1=Nc2ccccc2C(SCC)C1(c1ccccc1)c1ccccc1. The van der Waals surface area contributed by atoms with Gasteiger partial charge in [-0.15, -0.1) is 11.8 Å². The summed E-state index contributed by atoms with van der Waals surface area (Å²) in [5, 5.41) is 1.49. The molecule has 3 heteroatoms. The second-order valence-electron chi connectivity index (χ2n) is 6.78. The van der Waals surface area contributed by atoms with Crippen LogP contribution < -0.4 is 0 Å². The molecule has 0 spiro atoms. The Morgan fingerprint density at radius 1 is 0.750 bits per heavy atom. The molecule has 0 aliphatic carbocycles. The molecule has 0 radical (unpaired) electrons. The van der Waals surface area contributed by atoms with Gasteiger partial charge >= 0.3 is 0 Å². The zero-order chi connectivity index (χ0) is 19.4. The predicted octanol–water partition coefficient (Wildman–Crippen LogP) is 7.26. The van der Waals surface area contributed by atoms with Crippen molar-refractivity contribution in [3.05, 3.63) is 102 Å². The summed E-state index contributed by atoms with van der Waals surface area (Å²) in [5.74, 6) is 2.07. The number of aliphatic imine (C=N–C) groups is 1. The normalized spacial score (nSPS) is 17.6. The van der Waals surface area contributed by atoms with Crippen LogP contribution in [0.5, 0.6) is 0 Å². The minimum Gasteiger partial charge on any atom is -0.245 e. The Morgan fingerprint density at radius 3 is 1.89 bits per heavy atom. The van der Waals surface area contributed by atoms with Crippen molar-refractivity contribution in [2.24, 2.45) is 4.99 Å². The lowest BCUT2D eigenvalue weighted by Crippen LogP contribution is -2.42. The van der Waals surface area contributed by atoms with Gasteiger partial charge in [-0.3, -0.25) is 0 Å². The van der Waals surface area contributed by atoms with Gasteiger partial charge in [-0.25, -0.2) is 4.99 Å². The van der Waals surface area contributed by atoms with Gasteiger partial charge in [0.05, 0.1) is 21.4 Å². The molecule has 0 saturated carbocycles. The monoisotopic (exact) mass is 403 g/mol. The van der Waals surface area contributed by atoms with E-state index in [1.807, 2.05) is 23.5 Å². The minimum atomic E-state index is -0.280. The Labute approximate surface area is 176 Å². The first-order valence-corrected chi connectivity index (χ1v) is 11.9. The summed E-state index contributed by atoms with van der Waals surface area (Å²) in [4.78, 5) is 5.24. The van der Waals surface area contributed by atoms with Gasteiger partial charge in [0.15, 0.2) is 0 Å². The van der Waals surface area contributed by atoms with Crippen molar-refractivity contribution < 1.29 is 0 Å². The first-order valence-electron chi connectivity index (χ1n) is 9.85. The van der Waals surface area contributed by atoms with Crippen molar-refractivity contribution in [1.29, 1.82) is 0 Å². The molecule has 1 atom stereocenters. The molecule has 1 unspecified atom stereocenters. The molecule has 28 heavy (non-hydrogen) atoms. The van der Waals surface area contributed by atoms with Crippen LogP contribution in [0.25, 0.3) is 0 Å². The van der Waals surface area contributed by atoms with Crippen LogP contribution in [0.3, 0.4) is 0 Å². The van der Waals surface area contributed by atoms with E-state index in [0.29, 0.717) is 0 Å². The molecule has 3 aromatic carbocycles. The highest BCUT2D eigenvalue weighted by Gasteiger charge is 2.50. The van der Waals surface area contributed by atoms with Gasteiger partial charge in [0, 0.05) is 0 Å². The number of nitrogens with zero attached hydrogens (tertiary/aromatic N) is 1. The molecule has 1 heterocycles. The largest absolute Gasteiger partial charge is 0.245 e. The minimum absolute atomic E-state index is 0.280. The molecule has 0 aromatic heterocycles. The van der Waals surface area contributed by atoms with Gasteiger partial charge in [0.25, 0.3) is 0 Å². The third kappa shape index (κ3) is 3.21. The van der Waals surface area contributed by atoms with Gasteiger partial charge in [-0.2, -0.15) is 11.8 Å². The fourth-order valence-electron chi connectivity index (χ4n) is 4.14. The number of hydrogen-bond acceptors (Lipinski definition) is 3. The number of fused-ring (bicyclic) bond motifs is 1. The molecular formula is C25H25NS2. The number of rotatable bonds is 5. The Kier molecular flexibility index (Phi) is 5.93. The van der Waals surface area contributed by atoms with Crippen LogP contribution in [0, 0.1) is 0 Å². The van der Waals surface area contributed by atoms with Crippen molar-refractivity contribution in [2.45, 2.75) is 24.5 Å². The Hall–Kier alpha value is -1.97. The molecule has 1 aliphatic heterocycles. The summed E-state index contributed by atoms with van der Waals surface area (Å²) in [6.07, 6.45) is 0. The van der Waals surface area contributed by atoms with E-state index < -0.39 is 0 Å². The highest BCUT2D eigenvalue weighted by molar-refractivity contribution is 8.14. The topological polar surface area (TPSA) is 12.4 Å². The van der Waals surface area contributed by atoms with E-state index in [9.17, 15) is 0 Å². The van der Waals surface area contributed by atoms with Crippen molar-refractivity contribution >= 4 is 34.3 Å². The molecule has 0 bridgehead atoms. The Balaban J connectivity index is 2.09. The zero-order valence-electron chi connectivity index (χ0n) is 16.3. The van der Waals surface area contributed by atoms with Crippen molar-refractivity contribution in [3.63, 3.8) is 0 Å². The van der Waals surface area contributed by atoms with Crippen LogP contribution in [0.15, 0.2) is 89.9 Å². The van der Waals surface area contributed by atoms with Gasteiger partial charge in [-0.1, -0.05) is 92.7 Å². The summed E-state index contributed by atoms with van der Waals surface area (Å²) < 4.78 is 0. The summed E-state index contributed by atoms with van der Waals surface area (Å²) in [5.41, 5.74) is 4.82. The van der Waals surface area contributed by atoms with E-state index in [2.05, 4.69) is 98.8 Å². The second kappa shape index (κ2) is 8.59. The molecule has 0 amide bonds. The maximum absolute atomic E-state index is 5.24. The number of para-hydroxylation sites is 1. The van der Waals surface area contributed by atoms with Crippen LogP contribution in [0.2, 0.25) is 0 Å². The van der Waals surface area contributed by atoms with Gasteiger partial charge < -0.3 is 0 Å². The van der Waals surface area contributed by atoms with Crippen LogP contribution in [0.4, 0.5) is 5.69 Å². The van der Waals surface area contributed by atoms with E-state index >= 15 is 0 Å². The lowest BCUT2D eigenvalue weighted by atomic mass is 9.69. The van der Waals surface area contributed by atoms with E-state index in [1.54, 1.807) is 0 Å². The van der Waals surface area contributed by atoms with Gasteiger partial charge in [-0.05, 0) is 34.3 Å². The standard InChI is InChI=1S/C25H25NS2/c1-3-27-23-21-17-11-12-18-22(21)26-24(28-4-2)25(23,19-13-7-5-8-14-19)20-15-9-6-10-16-20/h5-18,23H,3-4H2,1-2H3.